The zero-order valence-corrected chi connectivity index (χ0v) is 22.5. The van der Waals surface area contributed by atoms with Crippen molar-refractivity contribution in [3.63, 3.8) is 0 Å². The average Bonchev–Trinajstić information content (AvgIpc) is 2.85. The first-order valence-electron chi connectivity index (χ1n) is 12.7. The Hall–Kier alpha value is -3.25. The number of nitrogen functional groups attached to an aromatic ring is 1. The molecular formula is C26H39F2N5O5. The van der Waals surface area contributed by atoms with Crippen molar-refractivity contribution in [2.75, 3.05) is 44.1 Å². The maximum atomic E-state index is 12.7. The Morgan fingerprint density at radius 3 is 2.58 bits per heavy atom. The van der Waals surface area contributed by atoms with E-state index < -0.39 is 25.5 Å². The molecule has 0 radical (unpaired) electrons. The number of hydrogen-bond acceptors (Lipinski definition) is 9. The number of anilines is 2. The summed E-state index contributed by atoms with van der Waals surface area (Å²) >= 11 is 0. The molecule has 1 unspecified atom stereocenters. The first-order valence-corrected chi connectivity index (χ1v) is 12.7. The fourth-order valence-corrected chi connectivity index (χ4v) is 4.25. The second-order valence-corrected chi connectivity index (χ2v) is 9.04. The van der Waals surface area contributed by atoms with Crippen molar-refractivity contribution < 1.29 is 33.4 Å². The molecular weight excluding hydrogens is 500 g/mol. The SMILES string of the molecule is CCCC(CC)N(O)c1nc(N)nc(C)c1Cc1ccc(OCCCN(CC(=O)O)CC(F)F)cc1OC. The number of benzene rings is 1. The summed E-state index contributed by atoms with van der Waals surface area (Å²) in [6, 6.07) is 5.21. The summed E-state index contributed by atoms with van der Waals surface area (Å²) in [7, 11) is 1.54. The van der Waals surface area contributed by atoms with Crippen molar-refractivity contribution in [3.8, 4) is 11.5 Å². The fraction of sp³-hybridized carbons (Fsp3) is 0.577. The molecule has 10 nitrogen and oxygen atoms in total. The number of aliphatic carboxylic acids is 1. The third-order valence-electron chi connectivity index (χ3n) is 6.13. The van der Waals surface area contributed by atoms with Gasteiger partial charge >= 0.3 is 5.97 Å². The smallest absolute Gasteiger partial charge is 0.317 e. The van der Waals surface area contributed by atoms with Crippen LogP contribution in [0, 0.1) is 6.92 Å². The molecule has 0 fully saturated rings. The highest BCUT2D eigenvalue weighted by molar-refractivity contribution is 5.69. The van der Waals surface area contributed by atoms with Crippen molar-refractivity contribution in [2.45, 2.75) is 65.3 Å². The van der Waals surface area contributed by atoms with Crippen LogP contribution in [0.25, 0.3) is 0 Å². The van der Waals surface area contributed by atoms with Crippen LogP contribution in [0.3, 0.4) is 0 Å². The second kappa shape index (κ2) is 15.2. The molecule has 1 heterocycles. The molecule has 38 heavy (non-hydrogen) atoms. The lowest BCUT2D eigenvalue weighted by Crippen LogP contribution is -2.35. The van der Waals surface area contributed by atoms with Gasteiger partial charge in [-0.1, -0.05) is 26.3 Å². The minimum atomic E-state index is -2.61. The van der Waals surface area contributed by atoms with E-state index in [0.29, 0.717) is 35.9 Å². The molecule has 0 aliphatic rings. The minimum Gasteiger partial charge on any atom is -0.496 e. The molecule has 0 aliphatic carbocycles. The number of alkyl halides is 2. The van der Waals surface area contributed by atoms with Gasteiger partial charge in [-0.25, -0.2) is 18.8 Å². The largest absolute Gasteiger partial charge is 0.496 e. The number of aryl methyl sites for hydroxylation is 1. The van der Waals surface area contributed by atoms with Gasteiger partial charge in [0.2, 0.25) is 5.95 Å². The van der Waals surface area contributed by atoms with Gasteiger partial charge in [0.25, 0.3) is 6.43 Å². The average molecular weight is 540 g/mol. The monoisotopic (exact) mass is 539 g/mol. The van der Waals surface area contributed by atoms with E-state index >= 15 is 0 Å². The van der Waals surface area contributed by atoms with Gasteiger partial charge in [-0.3, -0.25) is 14.9 Å². The number of nitrogens with two attached hydrogens (primary N) is 1. The maximum Gasteiger partial charge on any atom is 0.317 e. The van der Waals surface area contributed by atoms with Crippen molar-refractivity contribution >= 4 is 17.7 Å². The Labute approximate surface area is 222 Å². The van der Waals surface area contributed by atoms with Crippen LogP contribution in [-0.4, -0.2) is 77.0 Å². The Morgan fingerprint density at radius 1 is 1.24 bits per heavy atom. The lowest BCUT2D eigenvalue weighted by molar-refractivity contribution is -0.138. The number of nitrogens with zero attached hydrogens (tertiary/aromatic N) is 4. The number of carbonyl (C=O) groups is 1. The normalized spacial score (nSPS) is 12.1. The molecule has 0 amide bonds. The molecule has 0 spiro atoms. The van der Waals surface area contributed by atoms with Crippen LogP contribution in [0.1, 0.15) is 56.4 Å². The number of ether oxygens (including phenoxy) is 2. The summed E-state index contributed by atoms with van der Waals surface area (Å²) < 4.78 is 36.7. The number of rotatable bonds is 17. The zero-order valence-electron chi connectivity index (χ0n) is 22.5. The molecule has 0 saturated heterocycles. The molecule has 2 aromatic rings. The molecule has 1 atom stereocenters. The Bertz CT molecular complexity index is 1040. The summed E-state index contributed by atoms with van der Waals surface area (Å²) in [6.45, 7) is 5.20. The molecule has 0 aliphatic heterocycles. The number of methoxy groups -OCH3 is 1. The summed E-state index contributed by atoms with van der Waals surface area (Å²) in [5.74, 6) is 0.370. The van der Waals surface area contributed by atoms with Crippen LogP contribution in [0.5, 0.6) is 11.5 Å². The highest BCUT2D eigenvalue weighted by Gasteiger charge is 2.23. The number of hydrogen-bond donors (Lipinski definition) is 3. The Balaban J connectivity index is 2.16. The van der Waals surface area contributed by atoms with Gasteiger partial charge in [0.15, 0.2) is 5.82 Å². The van der Waals surface area contributed by atoms with Crippen molar-refractivity contribution in [1.82, 2.24) is 14.9 Å². The van der Waals surface area contributed by atoms with Gasteiger partial charge in [-0.05, 0) is 37.8 Å². The van der Waals surface area contributed by atoms with Gasteiger partial charge in [0.1, 0.15) is 11.5 Å². The van der Waals surface area contributed by atoms with Gasteiger partial charge in [-0.2, -0.15) is 4.98 Å². The second-order valence-electron chi connectivity index (χ2n) is 9.04. The molecule has 212 valence electrons. The standard InChI is InChI=1S/C26H39F2N5O5/c1-5-8-19(6-2)33(36)25-21(17(3)30-26(29)31-25)13-18-9-10-20(14-22(18)37-4)38-12-7-11-32(15-23(27)28)16-24(34)35/h9-10,14,19,23,36H,5-8,11-13,15-16H2,1-4H3,(H,34,35)(H2,29,30,31). The van der Waals surface area contributed by atoms with Crippen LogP contribution in [0.15, 0.2) is 18.2 Å². The predicted octanol–water partition coefficient (Wildman–Crippen LogP) is 4.16. The Kier molecular flexibility index (Phi) is 12.4. The summed E-state index contributed by atoms with van der Waals surface area (Å²) in [5, 5.41) is 21.1. The third-order valence-corrected chi connectivity index (χ3v) is 6.13. The summed E-state index contributed by atoms with van der Waals surface area (Å²) in [6.07, 6.45) is 0.573. The van der Waals surface area contributed by atoms with Crippen LogP contribution in [0.2, 0.25) is 0 Å². The number of carboxylic acids is 1. The lowest BCUT2D eigenvalue weighted by Gasteiger charge is -2.28. The van der Waals surface area contributed by atoms with Gasteiger partial charge in [0.05, 0.1) is 32.8 Å². The van der Waals surface area contributed by atoms with E-state index in [-0.39, 0.29) is 25.1 Å². The van der Waals surface area contributed by atoms with Gasteiger partial charge in [-0.15, -0.1) is 0 Å². The topological polar surface area (TPSA) is 134 Å². The zero-order chi connectivity index (χ0) is 28.2. The molecule has 1 aromatic heterocycles. The van der Waals surface area contributed by atoms with Crippen LogP contribution in [0.4, 0.5) is 20.5 Å². The third kappa shape index (κ3) is 9.25. The first-order chi connectivity index (χ1) is 18.1. The van der Waals surface area contributed by atoms with E-state index in [0.717, 1.165) is 30.4 Å². The predicted molar refractivity (Wildman–Crippen MR) is 140 cm³/mol. The number of carboxylic acid groups (broad SMARTS) is 1. The first kappa shape index (κ1) is 31.0. The Morgan fingerprint density at radius 2 is 1.97 bits per heavy atom. The van der Waals surface area contributed by atoms with E-state index in [1.807, 2.05) is 19.9 Å². The van der Waals surface area contributed by atoms with E-state index in [1.165, 1.54) is 17.1 Å². The molecule has 4 N–H and O–H groups in total. The molecule has 1 aromatic carbocycles. The highest BCUT2D eigenvalue weighted by Crippen LogP contribution is 2.32. The van der Waals surface area contributed by atoms with Crippen molar-refractivity contribution in [3.05, 3.63) is 35.0 Å². The fourth-order valence-electron chi connectivity index (χ4n) is 4.25. The highest BCUT2D eigenvalue weighted by atomic mass is 19.3. The molecule has 2 rings (SSSR count). The van der Waals surface area contributed by atoms with E-state index in [1.54, 1.807) is 12.1 Å². The quantitative estimate of drug-likeness (QED) is 0.199. The molecule has 0 bridgehead atoms. The maximum absolute atomic E-state index is 12.7. The number of halogens is 2. The molecule has 12 heteroatoms. The van der Waals surface area contributed by atoms with Crippen LogP contribution >= 0.6 is 0 Å². The number of aromatic nitrogens is 2. The van der Waals surface area contributed by atoms with E-state index in [4.69, 9.17) is 20.3 Å². The summed E-state index contributed by atoms with van der Waals surface area (Å²) in [4.78, 5) is 20.7. The lowest BCUT2D eigenvalue weighted by atomic mass is 10.0. The van der Waals surface area contributed by atoms with Crippen LogP contribution in [-0.2, 0) is 11.2 Å². The van der Waals surface area contributed by atoms with Crippen LogP contribution < -0.4 is 20.3 Å². The van der Waals surface area contributed by atoms with Crippen molar-refractivity contribution in [1.29, 1.82) is 0 Å². The van der Waals surface area contributed by atoms with E-state index in [2.05, 4.69) is 16.9 Å². The van der Waals surface area contributed by atoms with Gasteiger partial charge < -0.3 is 20.3 Å². The number of hydroxylamine groups is 1. The van der Waals surface area contributed by atoms with Gasteiger partial charge in [0, 0.05) is 30.3 Å². The van der Waals surface area contributed by atoms with E-state index in [9.17, 15) is 18.8 Å². The summed E-state index contributed by atoms with van der Waals surface area (Å²) in [5.41, 5.74) is 8.09. The minimum absolute atomic E-state index is 0.0813. The van der Waals surface area contributed by atoms with Crippen molar-refractivity contribution in [2.24, 2.45) is 0 Å². The molecule has 0 saturated carbocycles.